The van der Waals surface area contributed by atoms with Crippen LogP contribution >= 0.6 is 0 Å². The summed E-state index contributed by atoms with van der Waals surface area (Å²) in [4.78, 5) is 29.6. The Morgan fingerprint density at radius 2 is 1.86 bits per heavy atom. The fourth-order valence-electron chi connectivity index (χ4n) is 4.54. The third-order valence-corrected chi connectivity index (χ3v) is 6.10. The van der Waals surface area contributed by atoms with E-state index in [1.165, 1.54) is 6.92 Å². The molecule has 1 heterocycles. The number of methoxy groups -OCH3 is 3. The first-order valence-electron chi connectivity index (χ1n) is 11.4. The molecule has 182 valence electrons. The molecule has 0 bridgehead atoms. The first-order valence-corrected chi connectivity index (χ1v) is 11.4. The number of amides is 1. The zero-order valence-corrected chi connectivity index (χ0v) is 20.3. The minimum Gasteiger partial charge on any atom is -0.493 e. The lowest BCUT2D eigenvalue weighted by Gasteiger charge is -2.19. The van der Waals surface area contributed by atoms with Gasteiger partial charge in [-0.1, -0.05) is 12.1 Å². The van der Waals surface area contributed by atoms with Crippen LogP contribution in [0.3, 0.4) is 0 Å². The van der Waals surface area contributed by atoms with Crippen molar-refractivity contribution >= 4 is 11.6 Å². The molecule has 35 heavy (non-hydrogen) atoms. The Hall–Kier alpha value is -4.07. The molecule has 4 rings (SSSR count). The molecule has 8 nitrogen and oxygen atoms in total. The van der Waals surface area contributed by atoms with E-state index in [-0.39, 0.29) is 17.4 Å². The molecule has 8 heteroatoms. The number of fused-ring (bicyclic) bond motifs is 3. The van der Waals surface area contributed by atoms with Crippen molar-refractivity contribution in [1.29, 1.82) is 0 Å². The highest BCUT2D eigenvalue weighted by molar-refractivity contribution is 5.83. The third-order valence-electron chi connectivity index (χ3n) is 6.10. The quantitative estimate of drug-likeness (QED) is 0.535. The Kier molecular flexibility index (Phi) is 7.19. The molecule has 1 aliphatic carbocycles. The van der Waals surface area contributed by atoms with E-state index in [9.17, 15) is 9.59 Å². The van der Waals surface area contributed by atoms with Gasteiger partial charge in [-0.05, 0) is 59.9 Å². The second-order valence-corrected chi connectivity index (χ2v) is 8.27. The third kappa shape index (κ3) is 4.91. The number of carbonyl (C=O) groups is 1. The van der Waals surface area contributed by atoms with Crippen LogP contribution in [-0.2, 0) is 17.8 Å². The molecule has 0 fully saturated rings. The maximum Gasteiger partial charge on any atom is 0.217 e. The molecule has 0 saturated carbocycles. The van der Waals surface area contributed by atoms with Gasteiger partial charge < -0.3 is 24.8 Å². The number of ether oxygens (including phenoxy) is 3. The summed E-state index contributed by atoms with van der Waals surface area (Å²) < 4.78 is 17.0. The summed E-state index contributed by atoms with van der Waals surface area (Å²) in [5.74, 6) is 1.39. The van der Waals surface area contributed by atoms with Crippen LogP contribution in [-0.4, -0.2) is 32.2 Å². The van der Waals surface area contributed by atoms with Gasteiger partial charge in [0.1, 0.15) is 0 Å². The molecular formula is C27H29N3O5. The van der Waals surface area contributed by atoms with Crippen molar-refractivity contribution in [2.24, 2.45) is 0 Å². The summed E-state index contributed by atoms with van der Waals surface area (Å²) in [5.41, 5.74) is 4.39. The summed E-state index contributed by atoms with van der Waals surface area (Å²) in [6, 6.07) is 12.5. The molecule has 2 N–H and O–H groups in total. The van der Waals surface area contributed by atoms with Gasteiger partial charge in [0.15, 0.2) is 11.5 Å². The zero-order valence-electron chi connectivity index (χ0n) is 20.3. The fraction of sp³-hybridized carbons (Fsp3) is 0.296. The van der Waals surface area contributed by atoms with Crippen LogP contribution in [0.15, 0.2) is 53.5 Å². The van der Waals surface area contributed by atoms with Crippen molar-refractivity contribution in [2.75, 3.05) is 26.6 Å². The highest BCUT2D eigenvalue weighted by atomic mass is 16.5. The normalized spacial score (nSPS) is 14.1. The molecule has 0 saturated heterocycles. The molecular weight excluding hydrogens is 446 g/mol. The Morgan fingerprint density at radius 3 is 2.51 bits per heavy atom. The molecule has 1 aromatic heterocycles. The number of hydrogen-bond acceptors (Lipinski definition) is 7. The second-order valence-electron chi connectivity index (χ2n) is 8.27. The van der Waals surface area contributed by atoms with Crippen LogP contribution in [0.1, 0.15) is 36.2 Å². The van der Waals surface area contributed by atoms with E-state index < -0.39 is 0 Å². The number of aromatic nitrogens is 1. The summed E-state index contributed by atoms with van der Waals surface area (Å²) in [6.07, 6.45) is 2.97. The molecule has 0 spiro atoms. The number of benzene rings is 1. The van der Waals surface area contributed by atoms with Crippen LogP contribution in [0.2, 0.25) is 0 Å². The minimum absolute atomic E-state index is 0.165. The second kappa shape index (κ2) is 10.5. The van der Waals surface area contributed by atoms with Gasteiger partial charge in [-0.3, -0.25) is 14.6 Å². The zero-order chi connectivity index (χ0) is 24.9. The van der Waals surface area contributed by atoms with E-state index in [1.54, 1.807) is 39.7 Å². The largest absolute Gasteiger partial charge is 0.493 e. The van der Waals surface area contributed by atoms with Crippen LogP contribution in [0, 0.1) is 0 Å². The molecule has 1 amide bonds. The Balaban J connectivity index is 1.91. The van der Waals surface area contributed by atoms with Gasteiger partial charge in [0, 0.05) is 18.7 Å². The highest BCUT2D eigenvalue weighted by Gasteiger charge is 2.29. The molecule has 1 aliphatic rings. The summed E-state index contributed by atoms with van der Waals surface area (Å²) in [7, 11) is 4.72. The molecule has 0 aliphatic heterocycles. The standard InChI is InChI=1S/C27H29N3O5/c1-16(31)30-21-10-8-17-13-24(33-2)26(34-3)27(35-4)25(17)19-9-11-22(23(32)14-20(19)21)29-15-18-7-5-6-12-28-18/h5-7,9,11-14,21H,8,10,15H2,1-4H3,(H,29,32)(H,30,31). The number of nitrogens with one attached hydrogen (secondary N) is 2. The van der Waals surface area contributed by atoms with Gasteiger partial charge in [0.25, 0.3) is 0 Å². The van der Waals surface area contributed by atoms with Crippen molar-refractivity contribution in [3.05, 3.63) is 75.7 Å². The summed E-state index contributed by atoms with van der Waals surface area (Å²) in [5, 5.41) is 6.21. The molecule has 2 aromatic carbocycles. The lowest BCUT2D eigenvalue weighted by Crippen LogP contribution is -2.26. The predicted molar refractivity (Wildman–Crippen MR) is 134 cm³/mol. The van der Waals surface area contributed by atoms with Crippen molar-refractivity contribution in [3.63, 3.8) is 0 Å². The van der Waals surface area contributed by atoms with Gasteiger partial charge in [0.2, 0.25) is 17.1 Å². The number of aryl methyl sites for hydroxylation is 1. The monoisotopic (exact) mass is 475 g/mol. The number of rotatable bonds is 7. The van der Waals surface area contributed by atoms with E-state index in [0.29, 0.717) is 42.3 Å². The number of carbonyl (C=O) groups excluding carboxylic acids is 1. The van der Waals surface area contributed by atoms with Crippen LogP contribution in [0.5, 0.6) is 17.2 Å². The van der Waals surface area contributed by atoms with Crippen LogP contribution in [0.4, 0.5) is 5.69 Å². The van der Waals surface area contributed by atoms with Crippen molar-refractivity contribution in [2.45, 2.75) is 32.4 Å². The Morgan fingerprint density at radius 1 is 1.06 bits per heavy atom. The maximum atomic E-state index is 13.3. The van der Waals surface area contributed by atoms with Crippen molar-refractivity contribution in [1.82, 2.24) is 10.3 Å². The van der Waals surface area contributed by atoms with E-state index in [2.05, 4.69) is 15.6 Å². The molecule has 3 aromatic rings. The molecule has 0 radical (unpaired) electrons. The SMILES string of the molecule is COc1cc2c(c(OC)c1OC)-c1ccc(NCc3ccccn3)c(=O)cc1C(NC(C)=O)CC2. The minimum atomic E-state index is -0.347. The maximum absolute atomic E-state index is 13.3. The highest BCUT2D eigenvalue weighted by Crippen LogP contribution is 2.50. The Labute approximate surface area is 204 Å². The van der Waals surface area contributed by atoms with E-state index in [4.69, 9.17) is 14.2 Å². The van der Waals surface area contributed by atoms with Gasteiger partial charge in [0.05, 0.1) is 45.3 Å². The first-order chi connectivity index (χ1) is 17.0. The Bertz CT molecular complexity index is 1290. The van der Waals surface area contributed by atoms with Gasteiger partial charge in [-0.25, -0.2) is 0 Å². The van der Waals surface area contributed by atoms with Gasteiger partial charge >= 0.3 is 0 Å². The van der Waals surface area contributed by atoms with Gasteiger partial charge in [-0.15, -0.1) is 0 Å². The van der Waals surface area contributed by atoms with Crippen molar-refractivity contribution < 1.29 is 19.0 Å². The topological polar surface area (TPSA) is 98.8 Å². The molecule has 1 unspecified atom stereocenters. The summed E-state index contributed by atoms with van der Waals surface area (Å²) in [6.45, 7) is 1.88. The summed E-state index contributed by atoms with van der Waals surface area (Å²) >= 11 is 0. The number of hydrogen-bond donors (Lipinski definition) is 2. The molecule has 1 atom stereocenters. The van der Waals surface area contributed by atoms with Crippen LogP contribution in [0.25, 0.3) is 11.1 Å². The van der Waals surface area contributed by atoms with E-state index in [1.807, 2.05) is 30.3 Å². The van der Waals surface area contributed by atoms with E-state index >= 15 is 0 Å². The first kappa shape index (κ1) is 24.1. The lowest BCUT2D eigenvalue weighted by molar-refractivity contribution is -0.119. The van der Waals surface area contributed by atoms with Crippen LogP contribution < -0.4 is 30.3 Å². The average Bonchev–Trinajstić information content (AvgIpc) is 3.10. The number of anilines is 1. The average molecular weight is 476 g/mol. The van der Waals surface area contributed by atoms with E-state index in [0.717, 1.165) is 27.9 Å². The lowest BCUT2D eigenvalue weighted by atomic mass is 9.95. The smallest absolute Gasteiger partial charge is 0.217 e. The van der Waals surface area contributed by atoms with Crippen molar-refractivity contribution in [3.8, 4) is 28.4 Å². The van der Waals surface area contributed by atoms with Gasteiger partial charge in [-0.2, -0.15) is 0 Å². The number of pyridine rings is 1. The number of nitrogens with zero attached hydrogens (tertiary/aromatic N) is 1. The fourth-order valence-corrected chi connectivity index (χ4v) is 4.54. The predicted octanol–water partition coefficient (Wildman–Crippen LogP) is 3.87.